The van der Waals surface area contributed by atoms with Gasteiger partial charge in [-0.15, -0.1) is 0 Å². The van der Waals surface area contributed by atoms with Crippen LogP contribution < -0.4 is 11.8 Å². The first-order valence-electron chi connectivity index (χ1n) is 4.70. The monoisotopic (exact) mass is 250 g/mol. The molecular formula is C10H19ClN2O3. The summed E-state index contributed by atoms with van der Waals surface area (Å²) < 4.78 is 0. The predicted molar refractivity (Wildman–Crippen MR) is 64.0 cm³/mol. The van der Waals surface area contributed by atoms with Crippen molar-refractivity contribution in [2.45, 2.75) is 26.1 Å². The first-order valence-corrected chi connectivity index (χ1v) is 5.08. The van der Waals surface area contributed by atoms with Crippen molar-refractivity contribution in [3.05, 3.63) is 35.4 Å². The molecule has 94 valence electrons. The zero-order chi connectivity index (χ0) is 12.8. The van der Waals surface area contributed by atoms with E-state index in [-0.39, 0.29) is 0 Å². The lowest BCUT2D eigenvalue weighted by Gasteiger charge is -1.94. The van der Waals surface area contributed by atoms with Crippen LogP contribution >= 0.6 is 11.6 Å². The zero-order valence-corrected chi connectivity index (χ0v) is 9.97. The Morgan fingerprint density at radius 2 is 1.69 bits per heavy atom. The molecule has 1 aromatic carbocycles. The lowest BCUT2D eigenvalue weighted by molar-refractivity contribution is -0.0453. The van der Waals surface area contributed by atoms with Gasteiger partial charge in [-0.3, -0.25) is 0 Å². The Morgan fingerprint density at radius 1 is 1.25 bits per heavy atom. The van der Waals surface area contributed by atoms with Gasteiger partial charge in [0.15, 0.2) is 6.29 Å². The van der Waals surface area contributed by atoms with Crippen LogP contribution in [0.15, 0.2) is 30.3 Å². The lowest BCUT2D eigenvalue weighted by Crippen LogP contribution is -2.03. The number of aliphatic hydroxyl groups excluding tert-OH is 1. The molecule has 0 fully saturated rings. The second kappa shape index (κ2) is 14.3. The first-order chi connectivity index (χ1) is 7.58. The number of halogens is 1. The zero-order valence-electron chi connectivity index (χ0n) is 9.21. The third-order valence-electron chi connectivity index (χ3n) is 1.28. The molecule has 0 bridgehead atoms. The maximum atomic E-state index is 8.11. The average Bonchev–Trinajstić information content (AvgIpc) is 2.20. The van der Waals surface area contributed by atoms with E-state index < -0.39 is 6.29 Å². The van der Waals surface area contributed by atoms with Gasteiger partial charge in [0.05, 0.1) is 0 Å². The molecule has 0 radical (unpaired) electrons. The minimum Gasteiger partial charge on any atom is -0.368 e. The summed E-state index contributed by atoms with van der Waals surface area (Å²) in [5, 5.41) is 17.0. The van der Waals surface area contributed by atoms with E-state index in [0.29, 0.717) is 6.42 Å². The Labute approximate surface area is 100 Å². The van der Waals surface area contributed by atoms with Crippen LogP contribution in [0.25, 0.3) is 0 Å². The van der Waals surface area contributed by atoms with Gasteiger partial charge >= 0.3 is 0 Å². The van der Waals surface area contributed by atoms with Gasteiger partial charge in [0.2, 0.25) is 0 Å². The van der Waals surface area contributed by atoms with Crippen molar-refractivity contribution in [2.75, 3.05) is 0 Å². The highest BCUT2D eigenvalue weighted by Gasteiger charge is 1.89. The Kier molecular flexibility index (Phi) is 15.8. The fourth-order valence-corrected chi connectivity index (χ4v) is 0.818. The van der Waals surface area contributed by atoms with E-state index >= 15 is 0 Å². The molecule has 0 amide bonds. The van der Waals surface area contributed by atoms with Gasteiger partial charge in [0.25, 0.3) is 0 Å². The van der Waals surface area contributed by atoms with Gasteiger partial charge in [0.1, 0.15) is 0 Å². The molecule has 6 heteroatoms. The van der Waals surface area contributed by atoms with Gasteiger partial charge in [0, 0.05) is 5.02 Å². The van der Waals surface area contributed by atoms with Gasteiger partial charge in [-0.2, -0.15) is 11.8 Å². The number of aliphatic hydroxyl groups is 2. The molecule has 1 aromatic rings. The molecule has 1 rings (SSSR count). The van der Waals surface area contributed by atoms with Crippen LogP contribution in [0, 0.1) is 0 Å². The number of hydrogen-bond acceptors (Lipinski definition) is 5. The SMILES string of the molecule is CCCC(O)O.Clc1ccccc1.NON. The Morgan fingerprint density at radius 3 is 1.81 bits per heavy atom. The summed E-state index contributed by atoms with van der Waals surface area (Å²) in [7, 11) is 0. The van der Waals surface area contributed by atoms with E-state index in [0.717, 1.165) is 11.4 Å². The minimum atomic E-state index is -1.10. The Hall–Kier alpha value is -0.690. The maximum absolute atomic E-state index is 8.11. The predicted octanol–water partition coefficient (Wildman–Crippen LogP) is 1.19. The maximum Gasteiger partial charge on any atom is 0.151 e. The van der Waals surface area contributed by atoms with E-state index in [9.17, 15) is 0 Å². The largest absolute Gasteiger partial charge is 0.368 e. The van der Waals surface area contributed by atoms with E-state index in [1.165, 1.54) is 0 Å². The van der Waals surface area contributed by atoms with Crippen molar-refractivity contribution in [1.82, 2.24) is 0 Å². The number of hydrogen-bond donors (Lipinski definition) is 4. The molecule has 0 heterocycles. The van der Waals surface area contributed by atoms with E-state index in [1.807, 2.05) is 37.3 Å². The quantitative estimate of drug-likeness (QED) is 0.467. The summed E-state index contributed by atoms with van der Waals surface area (Å²) in [6.07, 6.45) is 0.215. The van der Waals surface area contributed by atoms with Crippen molar-refractivity contribution in [3.63, 3.8) is 0 Å². The first kappa shape index (κ1) is 17.7. The molecule has 5 nitrogen and oxygen atoms in total. The Bertz CT molecular complexity index is 223. The number of rotatable bonds is 2. The topological polar surface area (TPSA) is 102 Å². The highest BCUT2D eigenvalue weighted by atomic mass is 35.5. The molecule has 0 aliphatic heterocycles. The second-order valence-corrected chi connectivity index (χ2v) is 3.14. The molecule has 16 heavy (non-hydrogen) atoms. The molecule has 6 N–H and O–H groups in total. The van der Waals surface area contributed by atoms with Crippen molar-refractivity contribution in [3.8, 4) is 0 Å². The van der Waals surface area contributed by atoms with Crippen molar-refractivity contribution in [1.29, 1.82) is 0 Å². The van der Waals surface area contributed by atoms with Crippen molar-refractivity contribution in [2.24, 2.45) is 11.8 Å². The highest BCUT2D eigenvalue weighted by molar-refractivity contribution is 6.30. The summed E-state index contributed by atoms with van der Waals surface area (Å²) in [6.45, 7) is 1.90. The average molecular weight is 251 g/mol. The van der Waals surface area contributed by atoms with Crippen LogP contribution in [0.4, 0.5) is 0 Å². The number of nitrogens with two attached hydrogens (primary N) is 2. The summed E-state index contributed by atoms with van der Waals surface area (Å²) >= 11 is 5.54. The Balaban J connectivity index is 0. The fourth-order valence-electron chi connectivity index (χ4n) is 0.673. The van der Waals surface area contributed by atoms with E-state index in [2.05, 4.69) is 16.7 Å². The van der Waals surface area contributed by atoms with Crippen LogP contribution in [-0.4, -0.2) is 16.5 Å². The van der Waals surface area contributed by atoms with Crippen LogP contribution in [0.3, 0.4) is 0 Å². The summed E-state index contributed by atoms with van der Waals surface area (Å²) in [4.78, 5) is 3.25. The smallest absolute Gasteiger partial charge is 0.151 e. The molecule has 0 spiro atoms. The van der Waals surface area contributed by atoms with Crippen molar-refractivity contribution >= 4 is 11.6 Å². The van der Waals surface area contributed by atoms with Gasteiger partial charge < -0.3 is 10.2 Å². The van der Waals surface area contributed by atoms with Crippen LogP contribution in [0.5, 0.6) is 0 Å². The molecule has 0 atom stereocenters. The van der Waals surface area contributed by atoms with Gasteiger partial charge in [-0.05, 0) is 18.6 Å². The van der Waals surface area contributed by atoms with Crippen LogP contribution in [-0.2, 0) is 4.94 Å². The lowest BCUT2D eigenvalue weighted by atomic mass is 10.3. The molecule has 0 aromatic heterocycles. The molecule has 0 saturated heterocycles. The van der Waals surface area contributed by atoms with E-state index in [1.54, 1.807) is 0 Å². The molecule has 0 aliphatic rings. The summed E-state index contributed by atoms with van der Waals surface area (Å²) in [6, 6.07) is 9.44. The summed E-state index contributed by atoms with van der Waals surface area (Å²) in [5.74, 6) is 8.25. The van der Waals surface area contributed by atoms with Crippen molar-refractivity contribution < 1.29 is 15.2 Å². The third kappa shape index (κ3) is 19.0. The number of benzene rings is 1. The third-order valence-corrected chi connectivity index (χ3v) is 1.53. The van der Waals surface area contributed by atoms with Gasteiger partial charge in [-0.25, -0.2) is 4.94 Å². The minimum absolute atomic E-state index is 0.486. The summed E-state index contributed by atoms with van der Waals surface area (Å²) in [5.41, 5.74) is 0. The normalized spacial score (nSPS) is 8.69. The fraction of sp³-hybridized carbons (Fsp3) is 0.400. The molecule has 0 unspecified atom stereocenters. The molecular weight excluding hydrogens is 232 g/mol. The van der Waals surface area contributed by atoms with Crippen LogP contribution in [0.2, 0.25) is 5.02 Å². The van der Waals surface area contributed by atoms with E-state index in [4.69, 9.17) is 21.8 Å². The van der Waals surface area contributed by atoms with Gasteiger partial charge in [-0.1, -0.05) is 43.1 Å². The molecule has 0 saturated carbocycles. The second-order valence-electron chi connectivity index (χ2n) is 2.70. The molecule has 0 aliphatic carbocycles. The highest BCUT2D eigenvalue weighted by Crippen LogP contribution is 2.03. The van der Waals surface area contributed by atoms with Crippen LogP contribution in [0.1, 0.15) is 19.8 Å². The standard InChI is InChI=1S/C6H5Cl.C4H10O2.H4N2O/c7-6-4-2-1-3-5-6;1-2-3-4(5)6;1-3-2/h1-5H;4-6H,2-3H2,1H3;1-2H2.